The highest BCUT2D eigenvalue weighted by atomic mass is 15.1. The van der Waals surface area contributed by atoms with Crippen LogP contribution in [0.3, 0.4) is 0 Å². The van der Waals surface area contributed by atoms with E-state index in [1.54, 1.807) is 43.3 Å². The minimum absolute atomic E-state index is 0.0212. The lowest BCUT2D eigenvalue weighted by molar-refractivity contribution is 1.07. The van der Waals surface area contributed by atoms with Gasteiger partial charge in [0.05, 0.1) is 82.6 Å². The number of benzene rings is 4. The molecular formula is C43H12N18. The van der Waals surface area contributed by atoms with E-state index in [1.165, 1.54) is 30.3 Å². The van der Waals surface area contributed by atoms with E-state index in [4.69, 9.17) is 41.2 Å². The van der Waals surface area contributed by atoms with Gasteiger partial charge in [0.15, 0.2) is 34.9 Å². The fourth-order valence-corrected chi connectivity index (χ4v) is 6.50. The molecule has 0 saturated heterocycles. The molecule has 0 unspecified atom stereocenters. The molecule has 0 fully saturated rings. The topological polar surface area (TPSA) is 249 Å². The second-order valence-electron chi connectivity index (χ2n) is 12.6. The Hall–Kier alpha value is -10.7. The Morgan fingerprint density at radius 3 is 1.46 bits per heavy atom. The average Bonchev–Trinajstić information content (AvgIpc) is 4.03. The highest BCUT2D eigenvalue weighted by molar-refractivity contribution is 5.79. The monoisotopic (exact) mass is 780 g/mol. The second kappa shape index (κ2) is 14.8. The maximum absolute atomic E-state index is 10.5. The third-order valence-corrected chi connectivity index (χ3v) is 9.13. The molecule has 61 heavy (non-hydrogen) atoms. The van der Waals surface area contributed by atoms with Gasteiger partial charge in [-0.05, 0) is 55.0 Å². The number of aromatic nitrogens is 3. The van der Waals surface area contributed by atoms with E-state index in [9.17, 15) is 26.3 Å². The Morgan fingerprint density at radius 2 is 1.00 bits per heavy atom. The summed E-state index contributed by atoms with van der Waals surface area (Å²) in [7, 11) is 0. The first kappa shape index (κ1) is 37.3. The highest BCUT2D eigenvalue weighted by Crippen LogP contribution is 2.31. The van der Waals surface area contributed by atoms with Gasteiger partial charge in [-0.1, -0.05) is 17.7 Å². The largest absolute Gasteiger partial charge is 0.305 e. The molecule has 0 bridgehead atoms. The maximum Gasteiger partial charge on any atom is 0.305 e. The Labute approximate surface area is 342 Å². The maximum atomic E-state index is 10.5. The van der Waals surface area contributed by atoms with Gasteiger partial charge in [0.2, 0.25) is 11.4 Å². The number of nitrogens with zero attached hydrogens (tertiary/aromatic N) is 18. The van der Waals surface area contributed by atoms with Crippen LogP contribution in [0.1, 0.15) is 27.8 Å². The number of rotatable bonds is 4. The molecule has 1 aromatic heterocycles. The Kier molecular flexibility index (Phi) is 9.02. The molecule has 0 spiro atoms. The van der Waals surface area contributed by atoms with Gasteiger partial charge in [-0.15, -0.1) is 0 Å². The summed E-state index contributed by atoms with van der Waals surface area (Å²) in [5, 5.41) is 50.3. The summed E-state index contributed by atoms with van der Waals surface area (Å²) in [6.45, 7) is 32.7. The SMILES string of the molecule is [C-]#[N+]/C(=C1/N=c2ccc(-c3nc(-c4ccc5c(c4C#N)=N/C(=C(\C#N)[N+]#[C-])N=5)nc(-c4ccc5c(c4C#N)=N/C(=C(\C#N)[N+]#[C-])N=5)n3)c([N+]#[C-])c2=N1)c1cc(C)cc(C#N)c1. The molecule has 8 rings (SSSR count). The van der Waals surface area contributed by atoms with Crippen LogP contribution in [0.15, 0.2) is 113 Å². The van der Waals surface area contributed by atoms with Crippen LogP contribution in [-0.2, 0) is 0 Å². The van der Waals surface area contributed by atoms with Crippen LogP contribution in [0, 0.1) is 89.9 Å². The lowest BCUT2D eigenvalue weighted by Gasteiger charge is -2.11. The standard InChI is InChI=1S/C43H12N18/c1-20-12-21(15-44)14-22(13-20)33(51-4)43-55-30-11-8-25(36(52-5)37(30)58-43)40-60-38(23-6-9-28-34(26(23)16-45)56-41(53-28)31(18-47)49-2)59-39(61-40)24-7-10-29-35(27(24)17-46)57-42(54-29)32(19-48)50-3/h6-14H,1H3/b41-31+,42-32+,43-33-. The van der Waals surface area contributed by atoms with Crippen LogP contribution in [0.4, 0.5) is 5.69 Å². The number of allylic oxidation sites excluding steroid dienone is 2. The summed E-state index contributed by atoms with van der Waals surface area (Å²) in [6.07, 6.45) is 0. The normalized spacial score (nSPS) is 14.6. The van der Waals surface area contributed by atoms with E-state index in [1.807, 2.05) is 0 Å². The number of hydrogen-bond donors (Lipinski definition) is 0. The highest BCUT2D eigenvalue weighted by Gasteiger charge is 2.25. The van der Waals surface area contributed by atoms with E-state index in [0.717, 1.165) is 5.56 Å². The molecule has 0 radical (unpaired) electrons. The first-order chi connectivity index (χ1) is 29.7. The van der Waals surface area contributed by atoms with Gasteiger partial charge >= 0.3 is 11.4 Å². The fraction of sp³-hybridized carbons (Fsp3) is 0.0233. The molecule has 0 N–H and O–H groups in total. The second-order valence-corrected chi connectivity index (χ2v) is 12.6. The van der Waals surface area contributed by atoms with Crippen molar-refractivity contribution in [3.63, 3.8) is 0 Å². The van der Waals surface area contributed by atoms with Crippen LogP contribution in [0.25, 0.3) is 59.2 Å². The van der Waals surface area contributed by atoms with E-state index in [2.05, 4.69) is 67.5 Å². The van der Waals surface area contributed by atoms with Gasteiger partial charge in [-0.3, -0.25) is 4.99 Å². The van der Waals surface area contributed by atoms with Crippen molar-refractivity contribution in [3.05, 3.63) is 189 Å². The van der Waals surface area contributed by atoms with E-state index in [-0.39, 0.29) is 118 Å². The van der Waals surface area contributed by atoms with Crippen molar-refractivity contribution >= 4 is 11.4 Å². The number of fused-ring (bicyclic) bond motifs is 3. The molecule has 0 aliphatic carbocycles. The van der Waals surface area contributed by atoms with Crippen molar-refractivity contribution in [1.82, 2.24) is 15.0 Å². The zero-order valence-electron chi connectivity index (χ0n) is 30.7. The average molecular weight is 781 g/mol. The fourth-order valence-electron chi connectivity index (χ4n) is 6.50. The van der Waals surface area contributed by atoms with E-state index < -0.39 is 0 Å². The van der Waals surface area contributed by atoms with Crippen LogP contribution in [-0.4, -0.2) is 15.0 Å². The predicted molar refractivity (Wildman–Crippen MR) is 207 cm³/mol. The lowest BCUT2D eigenvalue weighted by Crippen LogP contribution is -2.26. The molecule has 18 nitrogen and oxygen atoms in total. The Bertz CT molecular complexity index is 3690. The lowest BCUT2D eigenvalue weighted by atomic mass is 10.0. The van der Waals surface area contributed by atoms with Gasteiger partial charge < -0.3 is 0 Å². The van der Waals surface area contributed by atoms with Gasteiger partial charge in [0, 0.05) is 16.7 Å². The molecule has 0 saturated carbocycles. The third-order valence-electron chi connectivity index (χ3n) is 9.13. The smallest absolute Gasteiger partial charge is 0.250 e. The first-order valence-electron chi connectivity index (χ1n) is 17.1. The van der Waals surface area contributed by atoms with Crippen LogP contribution in [0.2, 0.25) is 0 Å². The summed E-state index contributed by atoms with van der Waals surface area (Å²) >= 11 is 0. The van der Waals surface area contributed by atoms with Crippen LogP contribution >= 0.6 is 0 Å². The molecule has 4 aromatic carbocycles. The van der Waals surface area contributed by atoms with Crippen molar-refractivity contribution in [2.45, 2.75) is 6.92 Å². The number of hydrogen-bond acceptors (Lipinski definition) is 14. The van der Waals surface area contributed by atoms with Gasteiger partial charge in [0.25, 0.3) is 0 Å². The molecule has 5 aromatic rings. The van der Waals surface area contributed by atoms with Crippen molar-refractivity contribution in [1.29, 1.82) is 26.3 Å². The molecule has 18 heteroatoms. The van der Waals surface area contributed by atoms with Crippen molar-refractivity contribution in [3.8, 4) is 64.5 Å². The summed E-state index contributed by atoms with van der Waals surface area (Å²) in [5.41, 5.74) is 1.02. The molecule has 4 heterocycles. The number of aryl methyl sites for hydroxylation is 1. The molecule has 0 atom stereocenters. The molecule has 3 aliphatic rings. The van der Waals surface area contributed by atoms with Gasteiger partial charge in [-0.2, -0.15) is 15.8 Å². The summed E-state index contributed by atoms with van der Waals surface area (Å²) < 4.78 is 0. The van der Waals surface area contributed by atoms with Crippen LogP contribution < -0.4 is 32.1 Å². The minimum atomic E-state index is -0.381. The van der Waals surface area contributed by atoms with E-state index in [0.29, 0.717) is 11.1 Å². The Morgan fingerprint density at radius 1 is 0.525 bits per heavy atom. The first-order valence-corrected chi connectivity index (χ1v) is 17.1. The van der Waals surface area contributed by atoms with Crippen molar-refractivity contribution in [2.24, 2.45) is 30.0 Å². The van der Waals surface area contributed by atoms with Gasteiger partial charge in [-0.25, -0.2) is 69.8 Å². The van der Waals surface area contributed by atoms with Crippen molar-refractivity contribution < 1.29 is 0 Å². The van der Waals surface area contributed by atoms with Crippen molar-refractivity contribution in [2.75, 3.05) is 0 Å². The molecular weight excluding hydrogens is 769 g/mol. The third kappa shape index (κ3) is 6.12. The molecule has 3 aliphatic heterocycles. The minimum Gasteiger partial charge on any atom is -0.250 e. The molecule has 0 amide bonds. The Balaban J connectivity index is 1.41. The van der Waals surface area contributed by atoms with Gasteiger partial charge in [0.1, 0.15) is 22.9 Å². The quantitative estimate of drug-likeness (QED) is 0.192. The molecule has 274 valence electrons. The van der Waals surface area contributed by atoms with E-state index >= 15 is 0 Å². The predicted octanol–water partition coefficient (Wildman–Crippen LogP) is 3.57. The summed E-state index contributed by atoms with van der Waals surface area (Å²) in [6, 6.07) is 23.8. The summed E-state index contributed by atoms with van der Waals surface area (Å²) in [4.78, 5) is 54.2. The zero-order chi connectivity index (χ0) is 42.9. The number of nitriles is 5. The summed E-state index contributed by atoms with van der Waals surface area (Å²) in [5.74, 6) is -0.634. The zero-order valence-corrected chi connectivity index (χ0v) is 30.7. The van der Waals surface area contributed by atoms with Crippen LogP contribution in [0.5, 0.6) is 0 Å².